The minimum atomic E-state index is -3.93. The fourth-order valence-corrected chi connectivity index (χ4v) is 6.95. The summed E-state index contributed by atoms with van der Waals surface area (Å²) in [5.74, 6) is -0.957. The molecule has 4 aromatic rings. The first-order chi connectivity index (χ1) is 20.0. The van der Waals surface area contributed by atoms with E-state index in [4.69, 9.17) is 27.9 Å². The average molecular weight is 629 g/mol. The van der Waals surface area contributed by atoms with Crippen molar-refractivity contribution in [3.8, 4) is 11.1 Å². The number of fused-ring (bicyclic) bond motifs is 1. The molecule has 1 aliphatic rings. The number of halogens is 2. The van der Waals surface area contributed by atoms with Crippen LogP contribution in [0.2, 0.25) is 10.0 Å². The number of esters is 1. The van der Waals surface area contributed by atoms with Crippen molar-refractivity contribution in [3.05, 3.63) is 83.0 Å². The third kappa shape index (κ3) is 5.77. The lowest BCUT2D eigenvalue weighted by Crippen LogP contribution is -2.42. The van der Waals surface area contributed by atoms with E-state index in [1.807, 2.05) is 24.3 Å². The number of benzene rings is 2. The van der Waals surface area contributed by atoms with Crippen molar-refractivity contribution in [3.63, 3.8) is 0 Å². The quantitative estimate of drug-likeness (QED) is 0.169. The van der Waals surface area contributed by atoms with Crippen LogP contribution in [-0.2, 0) is 36.1 Å². The van der Waals surface area contributed by atoms with Crippen LogP contribution in [0.25, 0.3) is 11.1 Å². The first-order valence-corrected chi connectivity index (χ1v) is 15.6. The summed E-state index contributed by atoms with van der Waals surface area (Å²) in [6, 6.07) is 12.2. The van der Waals surface area contributed by atoms with Gasteiger partial charge in [0.05, 0.1) is 24.2 Å². The van der Waals surface area contributed by atoms with E-state index in [-0.39, 0.29) is 42.6 Å². The summed E-state index contributed by atoms with van der Waals surface area (Å²) in [5.41, 5.74) is 1.53. The summed E-state index contributed by atoms with van der Waals surface area (Å²) >= 11 is 12.5. The average Bonchev–Trinajstić information content (AvgIpc) is 3.49. The number of anilines is 2. The van der Waals surface area contributed by atoms with Crippen molar-refractivity contribution in [2.24, 2.45) is 0 Å². The zero-order valence-electron chi connectivity index (χ0n) is 22.8. The highest BCUT2D eigenvalue weighted by Crippen LogP contribution is 2.44. The van der Waals surface area contributed by atoms with Crippen molar-refractivity contribution in [1.29, 1.82) is 0 Å². The number of hydrogen-bond acceptors (Lipinski definition) is 8. The lowest BCUT2D eigenvalue weighted by Gasteiger charge is -2.27. The highest BCUT2D eigenvalue weighted by atomic mass is 35.5. The van der Waals surface area contributed by atoms with Gasteiger partial charge in [-0.05, 0) is 42.7 Å². The number of ether oxygens (including phenoxy) is 1. The molecule has 0 saturated heterocycles. The van der Waals surface area contributed by atoms with E-state index in [1.165, 1.54) is 22.0 Å². The van der Waals surface area contributed by atoms with Gasteiger partial charge in [0.2, 0.25) is 5.95 Å². The van der Waals surface area contributed by atoms with Gasteiger partial charge in [-0.3, -0.25) is 14.2 Å². The largest absolute Gasteiger partial charge is 0.466 e. The molecular formula is C29H27Cl2N5O5S. The smallest absolute Gasteiger partial charge is 0.305 e. The van der Waals surface area contributed by atoms with Gasteiger partial charge in [-0.25, -0.2) is 28.3 Å². The molecule has 0 saturated carbocycles. The van der Waals surface area contributed by atoms with Crippen molar-refractivity contribution in [2.75, 3.05) is 17.3 Å². The van der Waals surface area contributed by atoms with E-state index in [0.717, 1.165) is 16.7 Å². The van der Waals surface area contributed by atoms with E-state index in [0.29, 0.717) is 15.7 Å². The molecule has 0 radical (unpaired) electrons. The van der Waals surface area contributed by atoms with Gasteiger partial charge in [0.1, 0.15) is 11.9 Å². The molecule has 13 heteroatoms. The zero-order valence-corrected chi connectivity index (χ0v) is 25.2. The fraction of sp³-hybridized carbons (Fsp3) is 0.276. The number of carbonyl (C=O) groups excluding carboxylic acids is 2. The van der Waals surface area contributed by atoms with E-state index < -0.39 is 27.3 Å². The second-order valence-electron chi connectivity index (χ2n) is 10.0. The Balaban J connectivity index is 1.53. The molecule has 3 heterocycles. The van der Waals surface area contributed by atoms with Gasteiger partial charge in [-0.1, -0.05) is 54.4 Å². The topological polar surface area (TPSA) is 124 Å². The normalized spacial score (nSPS) is 16.5. The number of hydrogen-bond donors (Lipinski definition) is 0. The third-order valence-corrected chi connectivity index (χ3v) is 9.19. The van der Waals surface area contributed by atoms with Crippen LogP contribution in [0, 0.1) is 0 Å². The SMILES string of the molecule is CCC(=O)OCCCS(=O)(=O)c1cnc2n1[C@](C)(Cc1ccc(-c3cncnc3)cc1)C(=O)N2c1cc(Cl)cc(Cl)c1. The summed E-state index contributed by atoms with van der Waals surface area (Å²) in [6.07, 6.45) is 6.58. The van der Waals surface area contributed by atoms with Crippen LogP contribution in [0.4, 0.5) is 11.6 Å². The first kappa shape index (κ1) is 29.7. The second-order valence-corrected chi connectivity index (χ2v) is 13.0. The molecular weight excluding hydrogens is 601 g/mol. The maximum Gasteiger partial charge on any atom is 0.305 e. The van der Waals surface area contributed by atoms with Gasteiger partial charge >= 0.3 is 5.97 Å². The minimum Gasteiger partial charge on any atom is -0.466 e. The Bertz CT molecular complexity index is 1730. The Morgan fingerprint density at radius 3 is 2.31 bits per heavy atom. The fourth-order valence-electron chi connectivity index (χ4n) is 4.95. The molecule has 0 N–H and O–H groups in total. The van der Waals surface area contributed by atoms with Gasteiger partial charge in [0, 0.05) is 40.8 Å². The molecule has 1 amide bonds. The minimum absolute atomic E-state index is 0.0327. The molecule has 0 bridgehead atoms. The van der Waals surface area contributed by atoms with E-state index in [2.05, 4.69) is 15.0 Å². The number of aromatic nitrogens is 4. The molecule has 1 aliphatic heterocycles. The molecule has 42 heavy (non-hydrogen) atoms. The van der Waals surface area contributed by atoms with Gasteiger partial charge in [0.25, 0.3) is 5.91 Å². The molecule has 0 aliphatic carbocycles. The van der Waals surface area contributed by atoms with E-state index in [1.54, 1.807) is 44.4 Å². The van der Waals surface area contributed by atoms with Crippen molar-refractivity contribution in [1.82, 2.24) is 19.5 Å². The van der Waals surface area contributed by atoms with Crippen LogP contribution in [-0.4, -0.2) is 52.2 Å². The van der Waals surface area contributed by atoms with Gasteiger partial charge in [-0.15, -0.1) is 0 Å². The Morgan fingerprint density at radius 2 is 1.67 bits per heavy atom. The predicted octanol–water partition coefficient (Wildman–Crippen LogP) is 5.40. The molecule has 1 atom stereocenters. The van der Waals surface area contributed by atoms with Gasteiger partial charge in [-0.2, -0.15) is 0 Å². The Morgan fingerprint density at radius 1 is 1.00 bits per heavy atom. The summed E-state index contributed by atoms with van der Waals surface area (Å²) in [6.45, 7) is 3.32. The Kier molecular flexibility index (Phi) is 8.36. The zero-order chi connectivity index (χ0) is 30.1. The van der Waals surface area contributed by atoms with Crippen LogP contribution in [0.3, 0.4) is 0 Å². The third-order valence-electron chi connectivity index (χ3n) is 7.00. The van der Waals surface area contributed by atoms with Crippen LogP contribution in [0.1, 0.15) is 32.3 Å². The Labute approximate surface area is 253 Å². The highest BCUT2D eigenvalue weighted by Gasteiger charge is 2.51. The number of sulfone groups is 1. The lowest BCUT2D eigenvalue weighted by molar-refractivity contribution is -0.143. The molecule has 218 valence electrons. The van der Waals surface area contributed by atoms with E-state index >= 15 is 0 Å². The van der Waals surface area contributed by atoms with Crippen molar-refractivity contribution in [2.45, 2.75) is 43.7 Å². The number of imidazole rings is 1. The van der Waals surface area contributed by atoms with Gasteiger partial charge in [0.15, 0.2) is 14.9 Å². The standard InChI is InChI=1S/C29H27Cl2N5O5S/c1-3-26(37)41-9-4-10-42(39,40)25-17-34-28-35(24-12-22(30)11-23(31)13-24)27(38)29(2,36(25)28)14-19-5-7-20(8-6-19)21-15-32-18-33-16-21/h5-8,11-13,15-18H,3-4,9-10,14H2,1-2H3/t29-/m1/s1. The number of nitrogens with zero attached hydrogens (tertiary/aromatic N) is 5. The summed E-state index contributed by atoms with van der Waals surface area (Å²) in [5, 5.41) is 0.516. The molecule has 5 rings (SSSR count). The maximum atomic E-state index is 14.2. The number of rotatable bonds is 10. The first-order valence-electron chi connectivity index (χ1n) is 13.1. The number of carbonyl (C=O) groups is 2. The summed E-state index contributed by atoms with van der Waals surface area (Å²) in [7, 11) is -3.93. The predicted molar refractivity (Wildman–Crippen MR) is 159 cm³/mol. The molecule has 10 nitrogen and oxygen atoms in total. The van der Waals surface area contributed by atoms with Crippen LogP contribution in [0.5, 0.6) is 0 Å². The van der Waals surface area contributed by atoms with Crippen LogP contribution >= 0.6 is 23.2 Å². The molecule has 0 fully saturated rings. The molecule has 0 spiro atoms. The second kappa shape index (κ2) is 11.8. The molecule has 0 unspecified atom stereocenters. The monoisotopic (exact) mass is 627 g/mol. The summed E-state index contributed by atoms with van der Waals surface area (Å²) < 4.78 is 33.7. The van der Waals surface area contributed by atoms with Crippen molar-refractivity contribution >= 4 is 56.6 Å². The lowest BCUT2D eigenvalue weighted by atomic mass is 9.91. The molecule has 2 aromatic carbocycles. The van der Waals surface area contributed by atoms with Crippen molar-refractivity contribution < 1.29 is 22.7 Å². The van der Waals surface area contributed by atoms with E-state index in [9.17, 15) is 18.0 Å². The van der Waals surface area contributed by atoms with Crippen LogP contribution < -0.4 is 4.90 Å². The summed E-state index contributed by atoms with van der Waals surface area (Å²) in [4.78, 5) is 39.5. The highest BCUT2D eigenvalue weighted by molar-refractivity contribution is 7.91. The number of amides is 1. The maximum absolute atomic E-state index is 14.2. The van der Waals surface area contributed by atoms with Crippen LogP contribution in [0.15, 0.2) is 72.4 Å². The molecule has 2 aromatic heterocycles. The van der Waals surface area contributed by atoms with Gasteiger partial charge < -0.3 is 4.74 Å². The Hall–Kier alpha value is -3.80.